The lowest BCUT2D eigenvalue weighted by molar-refractivity contribution is 0.171. The summed E-state index contributed by atoms with van der Waals surface area (Å²) in [6, 6.07) is 11.5. The summed E-state index contributed by atoms with van der Waals surface area (Å²) in [7, 11) is 0. The molecule has 1 aromatic heterocycles. The maximum atomic E-state index is 10.2. The Bertz CT molecular complexity index is 692. The molecule has 3 rings (SSSR count). The van der Waals surface area contributed by atoms with Crippen LogP contribution in [0.1, 0.15) is 27.7 Å². The minimum atomic E-state index is -0.576. The lowest BCUT2D eigenvalue weighted by atomic mass is 10.1. The molecule has 1 aromatic carbocycles. The van der Waals surface area contributed by atoms with Gasteiger partial charge in [0.1, 0.15) is 0 Å². The van der Waals surface area contributed by atoms with Gasteiger partial charge in [0.15, 0.2) is 0 Å². The van der Waals surface area contributed by atoms with Crippen molar-refractivity contribution >= 4 is 11.3 Å². The SMILES string of the molecule is N#Cc1cccc(C(O)CNCCN2CCc3sccc3C2)c1. The molecule has 0 spiro atoms. The molecule has 1 aliphatic heterocycles. The fourth-order valence-electron chi connectivity index (χ4n) is 2.91. The van der Waals surface area contributed by atoms with Gasteiger partial charge < -0.3 is 10.4 Å². The first-order chi connectivity index (χ1) is 11.3. The van der Waals surface area contributed by atoms with E-state index in [1.165, 1.54) is 10.4 Å². The molecule has 1 aliphatic rings. The molecule has 120 valence electrons. The summed E-state index contributed by atoms with van der Waals surface area (Å²) in [5.41, 5.74) is 2.84. The summed E-state index contributed by atoms with van der Waals surface area (Å²) in [5, 5.41) is 24.6. The number of benzene rings is 1. The third-order valence-electron chi connectivity index (χ3n) is 4.23. The molecule has 0 saturated heterocycles. The van der Waals surface area contributed by atoms with Crippen LogP contribution >= 0.6 is 11.3 Å². The molecule has 0 aliphatic carbocycles. The number of rotatable bonds is 6. The standard InChI is InChI=1S/C18H21N3OS/c19-11-14-2-1-3-15(10-14)17(22)12-20-6-8-21-7-4-18-16(13-21)5-9-23-18/h1-3,5,9-10,17,20,22H,4,6-8,12-13H2. The summed E-state index contributed by atoms with van der Waals surface area (Å²) < 4.78 is 0. The van der Waals surface area contributed by atoms with Crippen molar-refractivity contribution in [2.75, 3.05) is 26.2 Å². The van der Waals surface area contributed by atoms with E-state index in [1.54, 1.807) is 12.1 Å². The number of nitriles is 1. The number of nitrogens with one attached hydrogen (secondary N) is 1. The normalized spacial score (nSPS) is 15.8. The second-order valence-corrected chi connectivity index (χ2v) is 6.85. The van der Waals surface area contributed by atoms with Crippen LogP contribution in [0.15, 0.2) is 35.7 Å². The molecule has 4 nitrogen and oxygen atoms in total. The van der Waals surface area contributed by atoms with Gasteiger partial charge in [-0.25, -0.2) is 0 Å². The molecule has 23 heavy (non-hydrogen) atoms. The van der Waals surface area contributed by atoms with Crippen LogP contribution < -0.4 is 5.32 Å². The molecule has 2 N–H and O–H groups in total. The second-order valence-electron chi connectivity index (χ2n) is 5.85. The van der Waals surface area contributed by atoms with Gasteiger partial charge in [-0.15, -0.1) is 11.3 Å². The Kier molecular flexibility index (Phi) is 5.42. The third-order valence-corrected chi connectivity index (χ3v) is 5.25. The van der Waals surface area contributed by atoms with Crippen molar-refractivity contribution in [3.05, 3.63) is 57.3 Å². The second kappa shape index (κ2) is 7.71. The van der Waals surface area contributed by atoms with Gasteiger partial charge in [-0.3, -0.25) is 4.90 Å². The first-order valence-corrected chi connectivity index (χ1v) is 8.80. The number of aliphatic hydroxyl groups is 1. The minimum absolute atomic E-state index is 0.506. The van der Waals surface area contributed by atoms with E-state index in [9.17, 15) is 5.11 Å². The highest BCUT2D eigenvalue weighted by atomic mass is 32.1. The van der Waals surface area contributed by atoms with E-state index in [2.05, 4.69) is 27.7 Å². The predicted molar refractivity (Wildman–Crippen MR) is 92.3 cm³/mol. The highest BCUT2D eigenvalue weighted by molar-refractivity contribution is 7.10. The molecule has 2 aromatic rings. The van der Waals surface area contributed by atoms with E-state index in [-0.39, 0.29) is 0 Å². The highest BCUT2D eigenvalue weighted by Gasteiger charge is 2.16. The quantitative estimate of drug-likeness (QED) is 0.799. The Morgan fingerprint density at radius 2 is 2.30 bits per heavy atom. The Morgan fingerprint density at radius 3 is 3.17 bits per heavy atom. The maximum absolute atomic E-state index is 10.2. The molecule has 0 radical (unpaired) electrons. The van der Waals surface area contributed by atoms with Crippen molar-refractivity contribution < 1.29 is 5.11 Å². The maximum Gasteiger partial charge on any atom is 0.0991 e. The predicted octanol–water partition coefficient (Wildman–Crippen LogP) is 2.30. The van der Waals surface area contributed by atoms with Gasteiger partial charge in [-0.1, -0.05) is 12.1 Å². The minimum Gasteiger partial charge on any atom is -0.387 e. The van der Waals surface area contributed by atoms with Crippen LogP contribution in [0.25, 0.3) is 0 Å². The van der Waals surface area contributed by atoms with E-state index in [1.807, 2.05) is 23.5 Å². The first-order valence-electron chi connectivity index (χ1n) is 7.92. The summed E-state index contributed by atoms with van der Waals surface area (Å²) in [6.45, 7) is 4.50. The van der Waals surface area contributed by atoms with Crippen LogP contribution in [0.5, 0.6) is 0 Å². The van der Waals surface area contributed by atoms with Crippen molar-refractivity contribution in [2.24, 2.45) is 0 Å². The van der Waals surface area contributed by atoms with Gasteiger partial charge >= 0.3 is 0 Å². The smallest absolute Gasteiger partial charge is 0.0991 e. The third kappa shape index (κ3) is 4.18. The zero-order chi connectivity index (χ0) is 16.1. The van der Waals surface area contributed by atoms with Crippen LogP contribution in [-0.2, 0) is 13.0 Å². The number of hydrogen-bond donors (Lipinski definition) is 2. The molecule has 5 heteroatoms. The molecule has 0 saturated carbocycles. The van der Waals surface area contributed by atoms with Crippen LogP contribution in [0, 0.1) is 11.3 Å². The Morgan fingerprint density at radius 1 is 1.39 bits per heavy atom. The summed E-state index contributed by atoms with van der Waals surface area (Å²) >= 11 is 1.86. The molecule has 0 fully saturated rings. The number of hydrogen-bond acceptors (Lipinski definition) is 5. The zero-order valence-electron chi connectivity index (χ0n) is 13.0. The van der Waals surface area contributed by atoms with Gasteiger partial charge in [0.05, 0.1) is 17.7 Å². The highest BCUT2D eigenvalue weighted by Crippen LogP contribution is 2.23. The molecule has 0 bridgehead atoms. The molecule has 0 amide bonds. The molecule has 1 atom stereocenters. The largest absolute Gasteiger partial charge is 0.387 e. The number of fused-ring (bicyclic) bond motifs is 1. The summed E-state index contributed by atoms with van der Waals surface area (Å²) in [6.07, 6.45) is 0.574. The van der Waals surface area contributed by atoms with Crippen LogP contribution in [0.3, 0.4) is 0 Å². The average Bonchev–Trinajstić information content (AvgIpc) is 3.06. The van der Waals surface area contributed by atoms with E-state index < -0.39 is 6.10 Å². The van der Waals surface area contributed by atoms with Gasteiger partial charge in [0.25, 0.3) is 0 Å². The Hall–Kier alpha value is -1.71. The van der Waals surface area contributed by atoms with Gasteiger partial charge in [0.2, 0.25) is 0 Å². The van der Waals surface area contributed by atoms with E-state index in [0.29, 0.717) is 12.1 Å². The lowest BCUT2D eigenvalue weighted by Gasteiger charge is -2.27. The fraction of sp³-hybridized carbons (Fsp3) is 0.389. The van der Waals surface area contributed by atoms with Crippen molar-refractivity contribution in [3.63, 3.8) is 0 Å². The Labute approximate surface area is 141 Å². The molecular weight excluding hydrogens is 306 g/mol. The monoisotopic (exact) mass is 327 g/mol. The average molecular weight is 327 g/mol. The number of thiophene rings is 1. The molecule has 2 heterocycles. The zero-order valence-corrected chi connectivity index (χ0v) is 13.9. The van der Waals surface area contributed by atoms with Gasteiger partial charge in [0, 0.05) is 37.6 Å². The van der Waals surface area contributed by atoms with Crippen LogP contribution in [0.2, 0.25) is 0 Å². The summed E-state index contributed by atoms with van der Waals surface area (Å²) in [5.74, 6) is 0. The number of aliphatic hydroxyl groups excluding tert-OH is 1. The van der Waals surface area contributed by atoms with Crippen LogP contribution in [-0.4, -0.2) is 36.2 Å². The molecule has 1 unspecified atom stereocenters. The van der Waals surface area contributed by atoms with Crippen molar-refractivity contribution in [3.8, 4) is 6.07 Å². The lowest BCUT2D eigenvalue weighted by Crippen LogP contribution is -2.36. The number of nitrogens with zero attached hydrogens (tertiary/aromatic N) is 2. The first kappa shape index (κ1) is 16.2. The fourth-order valence-corrected chi connectivity index (χ4v) is 3.80. The van der Waals surface area contributed by atoms with Crippen molar-refractivity contribution in [1.82, 2.24) is 10.2 Å². The van der Waals surface area contributed by atoms with Crippen LogP contribution in [0.4, 0.5) is 0 Å². The Balaban J connectivity index is 1.41. The van der Waals surface area contributed by atoms with E-state index in [4.69, 9.17) is 5.26 Å². The topological polar surface area (TPSA) is 59.3 Å². The van der Waals surface area contributed by atoms with Gasteiger partial charge in [-0.2, -0.15) is 5.26 Å². The van der Waals surface area contributed by atoms with Gasteiger partial charge in [-0.05, 0) is 41.1 Å². The molecular formula is C18H21N3OS. The van der Waals surface area contributed by atoms with E-state index in [0.717, 1.165) is 38.2 Å². The van der Waals surface area contributed by atoms with Crippen molar-refractivity contribution in [2.45, 2.75) is 19.1 Å². The van der Waals surface area contributed by atoms with E-state index >= 15 is 0 Å². The van der Waals surface area contributed by atoms with Crippen molar-refractivity contribution in [1.29, 1.82) is 5.26 Å². The summed E-state index contributed by atoms with van der Waals surface area (Å²) in [4.78, 5) is 3.98.